The minimum Gasteiger partial charge on any atom is -0.497 e. The molecule has 1 spiro atoms. The Morgan fingerprint density at radius 2 is 1.89 bits per heavy atom. The van der Waals surface area contributed by atoms with Crippen molar-refractivity contribution in [1.82, 2.24) is 15.2 Å². The number of methoxy groups -OCH3 is 2. The van der Waals surface area contributed by atoms with Gasteiger partial charge in [-0.3, -0.25) is 9.89 Å². The topological polar surface area (TPSA) is 101 Å². The van der Waals surface area contributed by atoms with E-state index in [1.165, 1.54) is 0 Å². The van der Waals surface area contributed by atoms with Crippen LogP contribution in [0.25, 0.3) is 21.8 Å². The Morgan fingerprint density at radius 3 is 2.75 bits per heavy atom. The lowest BCUT2D eigenvalue weighted by Crippen LogP contribution is -2.21. The molecule has 8 nitrogen and oxygen atoms in total. The fraction of sp³-hybridized carbons (Fsp3) is 0.179. The zero-order chi connectivity index (χ0) is 24.4. The van der Waals surface area contributed by atoms with Crippen LogP contribution >= 0.6 is 0 Å². The van der Waals surface area contributed by atoms with E-state index in [9.17, 15) is 4.79 Å². The van der Waals surface area contributed by atoms with Gasteiger partial charge in [0.25, 0.3) is 0 Å². The van der Waals surface area contributed by atoms with E-state index >= 15 is 0 Å². The van der Waals surface area contributed by atoms with Crippen LogP contribution in [0.5, 0.6) is 11.5 Å². The minimum atomic E-state index is -0.541. The molecule has 0 bridgehead atoms. The van der Waals surface area contributed by atoms with E-state index in [4.69, 9.17) is 14.5 Å². The molecule has 36 heavy (non-hydrogen) atoms. The van der Waals surface area contributed by atoms with Crippen LogP contribution < -0.4 is 20.1 Å². The molecule has 1 saturated carbocycles. The predicted molar refractivity (Wildman–Crippen MR) is 138 cm³/mol. The number of nitrogens with zero attached hydrogens (tertiary/aromatic N) is 2. The number of carbonyl (C=O) groups is 1. The predicted octanol–water partition coefficient (Wildman–Crippen LogP) is 5.25. The van der Waals surface area contributed by atoms with Gasteiger partial charge in [-0.05, 0) is 60.0 Å². The highest BCUT2D eigenvalue weighted by Crippen LogP contribution is 2.65. The summed E-state index contributed by atoms with van der Waals surface area (Å²) in [6.07, 6.45) is 0.766. The molecule has 0 saturated heterocycles. The molecule has 2 atom stereocenters. The van der Waals surface area contributed by atoms with Crippen molar-refractivity contribution in [3.8, 4) is 11.5 Å². The number of anilines is 3. The third-order valence-electron chi connectivity index (χ3n) is 7.46. The lowest BCUT2D eigenvalue weighted by atomic mass is 9.91. The Labute approximate surface area is 206 Å². The van der Waals surface area contributed by atoms with Gasteiger partial charge in [0.1, 0.15) is 5.75 Å². The fourth-order valence-corrected chi connectivity index (χ4v) is 5.50. The second kappa shape index (κ2) is 7.45. The smallest absolute Gasteiger partial charge is 0.235 e. The summed E-state index contributed by atoms with van der Waals surface area (Å²) in [4.78, 5) is 17.8. The van der Waals surface area contributed by atoms with Crippen molar-refractivity contribution in [2.75, 3.05) is 24.9 Å². The van der Waals surface area contributed by atoms with E-state index < -0.39 is 5.41 Å². The number of pyridine rings is 1. The van der Waals surface area contributed by atoms with Crippen LogP contribution in [0.1, 0.15) is 23.5 Å². The summed E-state index contributed by atoms with van der Waals surface area (Å²) < 4.78 is 11.0. The molecule has 0 unspecified atom stereocenters. The van der Waals surface area contributed by atoms with Crippen LogP contribution in [-0.2, 0) is 10.2 Å². The average Bonchev–Trinajstić information content (AvgIpc) is 3.46. The first-order valence-corrected chi connectivity index (χ1v) is 11.8. The molecule has 0 radical (unpaired) electrons. The number of hydrogen-bond donors (Lipinski definition) is 3. The third-order valence-corrected chi connectivity index (χ3v) is 7.46. The number of amides is 1. The van der Waals surface area contributed by atoms with Crippen LogP contribution in [0.2, 0.25) is 0 Å². The lowest BCUT2D eigenvalue weighted by molar-refractivity contribution is -0.118. The molecule has 178 valence electrons. The van der Waals surface area contributed by atoms with E-state index in [-0.39, 0.29) is 11.8 Å². The highest BCUT2D eigenvalue weighted by Gasteiger charge is 2.65. The highest BCUT2D eigenvalue weighted by atomic mass is 16.5. The highest BCUT2D eigenvalue weighted by molar-refractivity contribution is 6.10. The standard InChI is InChI=1S/C28H23N5O3/c1-35-17-8-10-22-19(13-17)28(27(34)30-22)14-20(28)15-7-9-18-23(11-15)32-33-25(18)31-26-24(36-2)12-16-5-3-4-6-21(16)29-26/h3-13,20H,14H2,1-2H3,(H,30,34)(H2,29,31,32,33)/t20-,28-/m0/s1. The molecule has 3 heterocycles. The summed E-state index contributed by atoms with van der Waals surface area (Å²) in [6, 6.07) is 21.8. The van der Waals surface area contributed by atoms with Gasteiger partial charge in [-0.15, -0.1) is 0 Å². The first-order valence-electron chi connectivity index (χ1n) is 11.8. The number of H-pyrrole nitrogens is 1. The quantitative estimate of drug-likeness (QED) is 0.320. The number of rotatable bonds is 5. The monoisotopic (exact) mass is 477 g/mol. The summed E-state index contributed by atoms with van der Waals surface area (Å²) in [5.74, 6) is 2.81. The van der Waals surface area contributed by atoms with Crippen molar-refractivity contribution < 1.29 is 14.3 Å². The third kappa shape index (κ3) is 2.90. The van der Waals surface area contributed by atoms with Crippen molar-refractivity contribution in [1.29, 1.82) is 0 Å². The Balaban J connectivity index is 1.22. The van der Waals surface area contributed by atoms with Crippen molar-refractivity contribution >= 4 is 45.0 Å². The average molecular weight is 478 g/mol. The molecule has 2 aliphatic rings. The first-order chi connectivity index (χ1) is 17.6. The molecule has 1 aliphatic heterocycles. The summed E-state index contributed by atoms with van der Waals surface area (Å²) in [7, 11) is 3.27. The van der Waals surface area contributed by atoms with E-state index in [2.05, 4.69) is 33.0 Å². The lowest BCUT2D eigenvalue weighted by Gasteiger charge is -2.11. The molecule has 7 rings (SSSR count). The van der Waals surface area contributed by atoms with Crippen molar-refractivity contribution in [2.24, 2.45) is 0 Å². The fourth-order valence-electron chi connectivity index (χ4n) is 5.50. The largest absolute Gasteiger partial charge is 0.497 e. The molecule has 2 aromatic heterocycles. The maximum atomic E-state index is 13.0. The van der Waals surface area contributed by atoms with E-state index in [0.717, 1.165) is 50.8 Å². The summed E-state index contributed by atoms with van der Waals surface area (Å²) in [6.45, 7) is 0. The number of aromatic nitrogens is 3. The SMILES string of the molecule is COc1ccc2c(c1)[C@]1(C[C@H]1c1ccc3c(Nc4nc5ccccc5cc4OC)n[nH]c3c1)C(=O)N2. The van der Waals surface area contributed by atoms with Crippen LogP contribution in [0.3, 0.4) is 0 Å². The molecule has 1 aliphatic carbocycles. The van der Waals surface area contributed by atoms with E-state index in [1.807, 2.05) is 54.6 Å². The zero-order valence-corrected chi connectivity index (χ0v) is 19.8. The van der Waals surface area contributed by atoms with Gasteiger partial charge in [-0.25, -0.2) is 4.98 Å². The van der Waals surface area contributed by atoms with Gasteiger partial charge in [0.2, 0.25) is 5.91 Å². The number of nitrogens with one attached hydrogen (secondary N) is 3. The van der Waals surface area contributed by atoms with Gasteiger partial charge in [-0.2, -0.15) is 5.10 Å². The van der Waals surface area contributed by atoms with Gasteiger partial charge >= 0.3 is 0 Å². The number of aromatic amines is 1. The van der Waals surface area contributed by atoms with E-state index in [1.54, 1.807) is 14.2 Å². The van der Waals surface area contributed by atoms with Crippen LogP contribution in [0, 0.1) is 0 Å². The molecule has 3 aromatic carbocycles. The number of fused-ring (bicyclic) bond motifs is 4. The van der Waals surface area contributed by atoms with Gasteiger partial charge < -0.3 is 20.1 Å². The first kappa shape index (κ1) is 20.8. The molecular formula is C28H23N5O3. The molecular weight excluding hydrogens is 454 g/mol. The van der Waals surface area contributed by atoms with Gasteiger partial charge in [-0.1, -0.05) is 24.3 Å². The summed E-state index contributed by atoms with van der Waals surface area (Å²) >= 11 is 0. The number of carbonyl (C=O) groups excluding carboxylic acids is 1. The number of ether oxygens (including phenoxy) is 2. The Kier molecular flexibility index (Phi) is 4.30. The van der Waals surface area contributed by atoms with E-state index in [0.29, 0.717) is 17.4 Å². The normalized spacial score (nSPS) is 19.9. The molecule has 1 fully saturated rings. The number of para-hydroxylation sites is 1. The minimum absolute atomic E-state index is 0.0530. The van der Waals surface area contributed by atoms with Gasteiger partial charge in [0, 0.05) is 22.4 Å². The summed E-state index contributed by atoms with van der Waals surface area (Å²) in [5, 5.41) is 15.9. The molecule has 8 heteroatoms. The Hall–Kier alpha value is -4.59. The van der Waals surface area contributed by atoms with Crippen LogP contribution in [0.15, 0.2) is 66.7 Å². The number of hydrogen-bond acceptors (Lipinski definition) is 6. The number of benzene rings is 3. The van der Waals surface area contributed by atoms with Gasteiger partial charge in [0.15, 0.2) is 17.4 Å². The molecule has 3 N–H and O–H groups in total. The second-order valence-electron chi connectivity index (χ2n) is 9.33. The van der Waals surface area contributed by atoms with Crippen LogP contribution in [-0.4, -0.2) is 35.3 Å². The Morgan fingerprint density at radius 1 is 1.00 bits per heavy atom. The molecule has 1 amide bonds. The second-order valence-corrected chi connectivity index (χ2v) is 9.33. The molecule has 5 aromatic rings. The van der Waals surface area contributed by atoms with Crippen molar-refractivity contribution in [2.45, 2.75) is 17.8 Å². The Bertz CT molecular complexity index is 1690. The van der Waals surface area contributed by atoms with Crippen LogP contribution in [0.4, 0.5) is 17.3 Å². The zero-order valence-electron chi connectivity index (χ0n) is 19.8. The maximum absolute atomic E-state index is 13.0. The summed E-state index contributed by atoms with van der Waals surface area (Å²) in [5.41, 5.74) is 4.20. The van der Waals surface area contributed by atoms with Crippen molar-refractivity contribution in [3.63, 3.8) is 0 Å². The van der Waals surface area contributed by atoms with Gasteiger partial charge in [0.05, 0.1) is 30.7 Å². The maximum Gasteiger partial charge on any atom is 0.235 e. The van der Waals surface area contributed by atoms with Crippen molar-refractivity contribution in [3.05, 3.63) is 77.9 Å².